The Hall–Kier alpha value is -4.34. The molecule has 1 unspecified atom stereocenters. The molecule has 8 nitrogen and oxygen atoms in total. The monoisotopic (exact) mass is 588 g/mol. The van der Waals surface area contributed by atoms with Gasteiger partial charge in [-0.3, -0.25) is 9.36 Å². The number of esters is 1. The van der Waals surface area contributed by atoms with Crippen LogP contribution in [0.25, 0.3) is 6.08 Å². The van der Waals surface area contributed by atoms with E-state index in [2.05, 4.69) is 4.99 Å². The van der Waals surface area contributed by atoms with Gasteiger partial charge in [-0.05, 0) is 73.0 Å². The molecule has 4 aromatic rings. The van der Waals surface area contributed by atoms with Crippen LogP contribution in [0.2, 0.25) is 5.02 Å². The first-order valence-corrected chi connectivity index (χ1v) is 14.2. The number of halogens is 1. The molecular formula is C31H25ClN2O6S. The molecule has 1 atom stereocenters. The van der Waals surface area contributed by atoms with E-state index in [-0.39, 0.29) is 19.0 Å². The van der Waals surface area contributed by atoms with E-state index in [0.29, 0.717) is 55.0 Å². The summed E-state index contributed by atoms with van der Waals surface area (Å²) >= 11 is 7.24. The number of carbonyl (C=O) groups is 1. The number of hydrogen-bond donors (Lipinski definition) is 0. The predicted molar refractivity (Wildman–Crippen MR) is 155 cm³/mol. The Morgan fingerprint density at radius 2 is 1.93 bits per heavy atom. The number of allylic oxidation sites excluding steroid dienone is 1. The fourth-order valence-electron chi connectivity index (χ4n) is 4.78. The van der Waals surface area contributed by atoms with Crippen molar-refractivity contribution in [1.82, 2.24) is 4.57 Å². The van der Waals surface area contributed by atoms with Gasteiger partial charge in [0.15, 0.2) is 16.3 Å². The fraction of sp³-hybridized carbons (Fsp3) is 0.194. The van der Waals surface area contributed by atoms with Crippen molar-refractivity contribution in [3.05, 3.63) is 119 Å². The maximum Gasteiger partial charge on any atom is 0.338 e. The Morgan fingerprint density at radius 1 is 1.12 bits per heavy atom. The van der Waals surface area contributed by atoms with E-state index >= 15 is 0 Å². The van der Waals surface area contributed by atoms with Crippen molar-refractivity contribution in [2.24, 2.45) is 4.99 Å². The molecule has 0 bridgehead atoms. The Bertz CT molecular complexity index is 1860. The average molecular weight is 589 g/mol. The summed E-state index contributed by atoms with van der Waals surface area (Å²) in [5.74, 6) is 1.31. The molecule has 1 aromatic heterocycles. The highest BCUT2D eigenvalue weighted by Gasteiger charge is 2.34. The van der Waals surface area contributed by atoms with Gasteiger partial charge in [-0.1, -0.05) is 53.3 Å². The van der Waals surface area contributed by atoms with E-state index in [1.54, 1.807) is 36.6 Å². The molecule has 2 aliphatic heterocycles. The van der Waals surface area contributed by atoms with Crippen molar-refractivity contribution in [2.75, 3.05) is 13.4 Å². The second kappa shape index (κ2) is 11.3. The van der Waals surface area contributed by atoms with Gasteiger partial charge < -0.3 is 18.9 Å². The smallest absolute Gasteiger partial charge is 0.338 e. The topological polar surface area (TPSA) is 88.4 Å². The second-order valence-corrected chi connectivity index (χ2v) is 10.8. The van der Waals surface area contributed by atoms with Crippen LogP contribution in [0.15, 0.2) is 87.8 Å². The highest BCUT2D eigenvalue weighted by atomic mass is 35.5. The van der Waals surface area contributed by atoms with Crippen LogP contribution >= 0.6 is 22.9 Å². The van der Waals surface area contributed by atoms with Crippen molar-refractivity contribution in [1.29, 1.82) is 0 Å². The zero-order chi connectivity index (χ0) is 28.5. The molecule has 0 aliphatic carbocycles. The van der Waals surface area contributed by atoms with Gasteiger partial charge in [0, 0.05) is 5.02 Å². The minimum atomic E-state index is -0.740. The lowest BCUT2D eigenvalue weighted by molar-refractivity contribution is -0.139. The maximum absolute atomic E-state index is 13.9. The molecule has 0 radical (unpaired) electrons. The molecule has 6 rings (SSSR count). The first kappa shape index (κ1) is 26.9. The van der Waals surface area contributed by atoms with Crippen LogP contribution in [-0.4, -0.2) is 23.9 Å². The minimum Gasteiger partial charge on any atom is -0.489 e. The number of ether oxygens (including phenoxy) is 4. The van der Waals surface area contributed by atoms with Gasteiger partial charge in [-0.25, -0.2) is 9.79 Å². The summed E-state index contributed by atoms with van der Waals surface area (Å²) in [6, 6.07) is 19.6. The molecule has 0 saturated carbocycles. The summed E-state index contributed by atoms with van der Waals surface area (Å²) in [6.45, 7) is 4.19. The Labute approximate surface area is 244 Å². The van der Waals surface area contributed by atoms with Crippen LogP contribution in [0.3, 0.4) is 0 Å². The molecule has 10 heteroatoms. The molecular weight excluding hydrogens is 564 g/mol. The van der Waals surface area contributed by atoms with E-state index < -0.39 is 12.0 Å². The van der Waals surface area contributed by atoms with Crippen LogP contribution in [-0.2, 0) is 16.1 Å². The second-order valence-electron chi connectivity index (χ2n) is 9.40. The summed E-state index contributed by atoms with van der Waals surface area (Å²) in [7, 11) is 0. The largest absolute Gasteiger partial charge is 0.489 e. The summed E-state index contributed by atoms with van der Waals surface area (Å²) in [5.41, 5.74) is 3.02. The lowest BCUT2D eigenvalue weighted by atomic mass is 9.95. The summed E-state index contributed by atoms with van der Waals surface area (Å²) in [5, 5.41) is 0.669. The van der Waals surface area contributed by atoms with E-state index in [1.165, 1.54) is 11.3 Å². The van der Waals surface area contributed by atoms with Crippen LogP contribution in [0, 0.1) is 0 Å². The molecule has 3 aromatic carbocycles. The molecule has 2 aliphatic rings. The van der Waals surface area contributed by atoms with Gasteiger partial charge in [-0.15, -0.1) is 0 Å². The number of thiazole rings is 1. The summed E-state index contributed by atoms with van der Waals surface area (Å²) in [6.07, 6.45) is 1.80. The first-order chi connectivity index (χ1) is 19.9. The van der Waals surface area contributed by atoms with E-state index in [1.807, 2.05) is 54.6 Å². The van der Waals surface area contributed by atoms with Crippen molar-refractivity contribution in [3.63, 3.8) is 0 Å². The number of rotatable bonds is 7. The van der Waals surface area contributed by atoms with Crippen LogP contribution in [0.1, 0.15) is 36.6 Å². The SMILES string of the molecule is CCOC(=O)C1=C(C)N=c2sc(=Cc3cccc(OCc4ccc(Cl)cc4)c3)c(=O)n2C1c1ccc2c(c1)OCO2. The zero-order valence-electron chi connectivity index (χ0n) is 22.3. The third kappa shape index (κ3) is 5.38. The number of aromatic nitrogens is 1. The lowest BCUT2D eigenvalue weighted by Crippen LogP contribution is -2.39. The number of hydrogen-bond acceptors (Lipinski definition) is 8. The van der Waals surface area contributed by atoms with Gasteiger partial charge >= 0.3 is 5.97 Å². The molecule has 0 amide bonds. The van der Waals surface area contributed by atoms with Crippen LogP contribution in [0.5, 0.6) is 17.2 Å². The third-order valence-corrected chi connectivity index (χ3v) is 7.94. The van der Waals surface area contributed by atoms with Gasteiger partial charge in [0.1, 0.15) is 12.4 Å². The van der Waals surface area contributed by atoms with Crippen molar-refractivity contribution < 1.29 is 23.7 Å². The highest BCUT2D eigenvalue weighted by Crippen LogP contribution is 2.38. The van der Waals surface area contributed by atoms with Gasteiger partial charge in [-0.2, -0.15) is 0 Å². The molecule has 41 heavy (non-hydrogen) atoms. The summed E-state index contributed by atoms with van der Waals surface area (Å²) < 4.78 is 24.4. The zero-order valence-corrected chi connectivity index (χ0v) is 23.8. The van der Waals surface area contributed by atoms with Gasteiger partial charge in [0.2, 0.25) is 6.79 Å². The maximum atomic E-state index is 13.9. The Kier molecular flexibility index (Phi) is 7.38. The molecule has 0 saturated heterocycles. The Morgan fingerprint density at radius 3 is 2.73 bits per heavy atom. The quantitative estimate of drug-likeness (QED) is 0.289. The van der Waals surface area contributed by atoms with Crippen LogP contribution in [0.4, 0.5) is 0 Å². The number of nitrogens with zero attached hydrogens (tertiary/aromatic N) is 2. The number of fused-ring (bicyclic) bond motifs is 2. The molecule has 0 N–H and O–H groups in total. The first-order valence-electron chi connectivity index (χ1n) is 13.0. The molecule has 0 fully saturated rings. The number of carbonyl (C=O) groups excluding carboxylic acids is 1. The average Bonchev–Trinajstić information content (AvgIpc) is 3.56. The summed E-state index contributed by atoms with van der Waals surface area (Å²) in [4.78, 5) is 32.2. The Balaban J connectivity index is 1.39. The predicted octanol–water partition coefficient (Wildman–Crippen LogP) is 4.76. The third-order valence-electron chi connectivity index (χ3n) is 6.70. The molecule has 208 valence electrons. The lowest BCUT2D eigenvalue weighted by Gasteiger charge is -2.24. The van der Waals surface area contributed by atoms with E-state index in [4.69, 9.17) is 30.5 Å². The van der Waals surface area contributed by atoms with Gasteiger partial charge in [0.05, 0.1) is 28.5 Å². The fourth-order valence-corrected chi connectivity index (χ4v) is 5.96. The standard InChI is InChI=1S/C31H25ClN2O6S/c1-3-37-30(36)27-18(2)33-31-34(28(27)21-9-12-24-25(15-21)40-17-39-24)29(35)26(41-31)14-20-5-4-6-23(13-20)38-16-19-7-10-22(32)11-8-19/h4-15,28H,3,16-17H2,1-2H3. The van der Waals surface area contributed by atoms with Crippen LogP contribution < -0.4 is 29.1 Å². The van der Waals surface area contributed by atoms with Crippen molar-refractivity contribution in [2.45, 2.75) is 26.5 Å². The van der Waals surface area contributed by atoms with Crippen molar-refractivity contribution >= 4 is 35.0 Å². The minimum absolute atomic E-state index is 0.115. The van der Waals surface area contributed by atoms with E-state index in [0.717, 1.165) is 11.1 Å². The highest BCUT2D eigenvalue weighted by molar-refractivity contribution is 7.07. The van der Waals surface area contributed by atoms with Gasteiger partial charge in [0.25, 0.3) is 5.56 Å². The number of benzene rings is 3. The molecule has 3 heterocycles. The molecule has 0 spiro atoms. The van der Waals surface area contributed by atoms with Crippen molar-refractivity contribution in [3.8, 4) is 17.2 Å². The van der Waals surface area contributed by atoms with E-state index in [9.17, 15) is 9.59 Å². The normalized spacial score (nSPS) is 15.9.